The van der Waals surface area contributed by atoms with Crippen molar-refractivity contribution in [1.29, 1.82) is 0 Å². The van der Waals surface area contributed by atoms with E-state index in [9.17, 15) is 10.2 Å². The summed E-state index contributed by atoms with van der Waals surface area (Å²) in [6, 6.07) is 12.5. The van der Waals surface area contributed by atoms with Gasteiger partial charge in [0, 0.05) is 0 Å². The highest BCUT2D eigenvalue weighted by molar-refractivity contribution is 6.12. The summed E-state index contributed by atoms with van der Waals surface area (Å²) in [5.74, 6) is 0. The molecule has 3 nitrogen and oxygen atoms in total. The fourth-order valence-corrected chi connectivity index (χ4v) is 4.24. The van der Waals surface area contributed by atoms with Crippen LogP contribution in [-0.2, 0) is 4.74 Å². The average molecular weight is 306 g/mol. The second-order valence-electron chi connectivity index (χ2n) is 6.74. The number of fused-ring (bicyclic) bond motifs is 7. The van der Waals surface area contributed by atoms with E-state index >= 15 is 0 Å². The summed E-state index contributed by atoms with van der Waals surface area (Å²) in [4.78, 5) is 0. The van der Waals surface area contributed by atoms with Crippen LogP contribution in [0.15, 0.2) is 36.4 Å². The van der Waals surface area contributed by atoms with Crippen LogP contribution in [0.25, 0.3) is 21.5 Å². The standard InChI is InChI=1S/C20H18O3/c1-9-10(2)15-13(12-6-4-3-5-11(9)12)7-8-14-16(15)19-20(23-19)18(22)17(14)21/h3-8,17-22H,1-2H3/t17-,18+,19-,20+/m1/s1. The molecule has 0 radical (unpaired) electrons. The molecule has 3 aromatic rings. The van der Waals surface area contributed by atoms with Gasteiger partial charge >= 0.3 is 0 Å². The molecule has 3 aromatic carbocycles. The zero-order valence-electron chi connectivity index (χ0n) is 13.1. The van der Waals surface area contributed by atoms with Crippen LogP contribution in [0.2, 0.25) is 0 Å². The number of rotatable bonds is 0. The van der Waals surface area contributed by atoms with Gasteiger partial charge in [0.2, 0.25) is 0 Å². The first-order chi connectivity index (χ1) is 11.1. The van der Waals surface area contributed by atoms with Crippen LogP contribution in [0, 0.1) is 13.8 Å². The van der Waals surface area contributed by atoms with Crippen LogP contribution in [0.1, 0.15) is 34.5 Å². The molecule has 1 aliphatic carbocycles. The first-order valence-corrected chi connectivity index (χ1v) is 8.05. The Labute approximate surface area is 134 Å². The molecule has 2 aliphatic rings. The van der Waals surface area contributed by atoms with E-state index in [0.717, 1.165) is 11.1 Å². The van der Waals surface area contributed by atoms with Crippen molar-refractivity contribution >= 4 is 21.5 Å². The fourth-order valence-electron chi connectivity index (χ4n) is 4.24. The van der Waals surface area contributed by atoms with E-state index in [-0.39, 0.29) is 12.2 Å². The molecular formula is C20H18O3. The predicted molar refractivity (Wildman–Crippen MR) is 89.5 cm³/mol. The van der Waals surface area contributed by atoms with Crippen molar-refractivity contribution in [1.82, 2.24) is 0 Å². The summed E-state index contributed by atoms with van der Waals surface area (Å²) in [5.41, 5.74) is 4.37. The SMILES string of the molecule is Cc1c(C)c2c3c(ccc2c2ccccc12)[C@@H](O)[C@H](O)[C@@H]1O[C@H]31. The Hall–Kier alpha value is -1.94. The molecule has 1 fully saturated rings. The van der Waals surface area contributed by atoms with Crippen molar-refractivity contribution in [3.05, 3.63) is 58.7 Å². The Morgan fingerprint density at radius 3 is 2.39 bits per heavy atom. The smallest absolute Gasteiger partial charge is 0.118 e. The van der Waals surface area contributed by atoms with Crippen LogP contribution < -0.4 is 0 Å². The van der Waals surface area contributed by atoms with Gasteiger partial charge in [0.1, 0.15) is 24.4 Å². The van der Waals surface area contributed by atoms with Crippen LogP contribution in [0.5, 0.6) is 0 Å². The quantitative estimate of drug-likeness (QED) is 0.494. The highest BCUT2D eigenvalue weighted by Gasteiger charge is 2.54. The van der Waals surface area contributed by atoms with Crippen LogP contribution in [0.3, 0.4) is 0 Å². The van der Waals surface area contributed by atoms with Gasteiger partial charge in [0.15, 0.2) is 0 Å². The number of aryl methyl sites for hydroxylation is 2. The van der Waals surface area contributed by atoms with Crippen molar-refractivity contribution in [3.8, 4) is 0 Å². The predicted octanol–water partition coefficient (Wildman–Crippen LogP) is 3.46. The molecule has 3 heteroatoms. The van der Waals surface area contributed by atoms with Gasteiger partial charge in [-0.1, -0.05) is 36.4 Å². The highest BCUT2D eigenvalue weighted by atomic mass is 16.6. The van der Waals surface area contributed by atoms with E-state index in [0.29, 0.717) is 0 Å². The van der Waals surface area contributed by atoms with Crippen molar-refractivity contribution < 1.29 is 14.9 Å². The van der Waals surface area contributed by atoms with E-state index in [4.69, 9.17) is 4.74 Å². The number of epoxide rings is 1. The van der Waals surface area contributed by atoms with Crippen molar-refractivity contribution in [2.75, 3.05) is 0 Å². The molecule has 0 saturated carbocycles. The lowest BCUT2D eigenvalue weighted by Gasteiger charge is -2.26. The van der Waals surface area contributed by atoms with E-state index in [2.05, 4.69) is 44.2 Å². The summed E-state index contributed by atoms with van der Waals surface area (Å²) < 4.78 is 5.69. The van der Waals surface area contributed by atoms with E-state index in [1.165, 1.54) is 32.7 Å². The number of aliphatic hydroxyl groups excluding tert-OH is 2. The third-order valence-electron chi connectivity index (χ3n) is 5.63. The second-order valence-corrected chi connectivity index (χ2v) is 6.74. The molecule has 5 rings (SSSR count). The molecule has 4 atom stereocenters. The molecule has 0 amide bonds. The first-order valence-electron chi connectivity index (χ1n) is 8.05. The third-order valence-corrected chi connectivity index (χ3v) is 5.63. The summed E-state index contributed by atoms with van der Waals surface area (Å²) in [7, 11) is 0. The summed E-state index contributed by atoms with van der Waals surface area (Å²) in [5, 5.41) is 25.4. The van der Waals surface area contributed by atoms with Gasteiger partial charge in [-0.05, 0) is 57.6 Å². The van der Waals surface area contributed by atoms with Gasteiger partial charge in [0.25, 0.3) is 0 Å². The zero-order chi connectivity index (χ0) is 15.9. The maximum absolute atomic E-state index is 10.4. The van der Waals surface area contributed by atoms with Gasteiger partial charge in [-0.25, -0.2) is 0 Å². The Bertz CT molecular complexity index is 976. The highest BCUT2D eigenvalue weighted by Crippen LogP contribution is 2.54. The maximum Gasteiger partial charge on any atom is 0.118 e. The van der Waals surface area contributed by atoms with Gasteiger partial charge in [-0.2, -0.15) is 0 Å². The van der Waals surface area contributed by atoms with Crippen LogP contribution >= 0.6 is 0 Å². The minimum Gasteiger partial charge on any atom is -0.387 e. The number of hydrogen-bond acceptors (Lipinski definition) is 3. The fraction of sp³-hybridized carbons (Fsp3) is 0.300. The Kier molecular flexibility index (Phi) is 2.54. The largest absolute Gasteiger partial charge is 0.387 e. The third kappa shape index (κ3) is 1.59. The lowest BCUT2D eigenvalue weighted by atomic mass is 9.81. The Morgan fingerprint density at radius 1 is 0.870 bits per heavy atom. The molecule has 0 bridgehead atoms. The number of aliphatic hydroxyl groups is 2. The lowest BCUT2D eigenvalue weighted by molar-refractivity contribution is 0.000104. The van der Waals surface area contributed by atoms with E-state index < -0.39 is 12.2 Å². The van der Waals surface area contributed by atoms with Gasteiger partial charge in [-0.3, -0.25) is 0 Å². The normalized spacial score (nSPS) is 28.7. The molecule has 1 aliphatic heterocycles. The molecule has 1 saturated heterocycles. The molecule has 0 spiro atoms. The topological polar surface area (TPSA) is 53.0 Å². The van der Waals surface area contributed by atoms with E-state index in [1.807, 2.05) is 6.07 Å². The number of ether oxygens (including phenoxy) is 1. The molecular weight excluding hydrogens is 288 g/mol. The van der Waals surface area contributed by atoms with Gasteiger partial charge in [-0.15, -0.1) is 0 Å². The molecule has 116 valence electrons. The summed E-state index contributed by atoms with van der Waals surface area (Å²) in [6.07, 6.45) is -2.06. The Balaban J connectivity index is 1.97. The van der Waals surface area contributed by atoms with Crippen LogP contribution in [-0.4, -0.2) is 22.4 Å². The van der Waals surface area contributed by atoms with E-state index in [1.54, 1.807) is 0 Å². The maximum atomic E-state index is 10.4. The van der Waals surface area contributed by atoms with Gasteiger partial charge in [0.05, 0.1) is 0 Å². The van der Waals surface area contributed by atoms with Crippen LogP contribution in [0.4, 0.5) is 0 Å². The Morgan fingerprint density at radius 2 is 1.61 bits per heavy atom. The van der Waals surface area contributed by atoms with Crippen molar-refractivity contribution in [2.24, 2.45) is 0 Å². The summed E-state index contributed by atoms with van der Waals surface area (Å²) in [6.45, 7) is 4.29. The first kappa shape index (κ1) is 13.5. The number of hydrogen-bond donors (Lipinski definition) is 2. The number of benzene rings is 3. The monoisotopic (exact) mass is 306 g/mol. The average Bonchev–Trinajstić information content (AvgIpc) is 3.37. The second kappa shape index (κ2) is 4.32. The summed E-state index contributed by atoms with van der Waals surface area (Å²) >= 11 is 0. The minimum atomic E-state index is -0.871. The van der Waals surface area contributed by atoms with Gasteiger partial charge < -0.3 is 14.9 Å². The lowest BCUT2D eigenvalue weighted by Crippen LogP contribution is -2.29. The molecule has 23 heavy (non-hydrogen) atoms. The zero-order valence-corrected chi connectivity index (χ0v) is 13.1. The molecule has 1 heterocycles. The molecule has 0 aromatic heterocycles. The van der Waals surface area contributed by atoms with Crippen molar-refractivity contribution in [3.63, 3.8) is 0 Å². The molecule has 2 N–H and O–H groups in total. The minimum absolute atomic E-state index is 0.0913. The van der Waals surface area contributed by atoms with Crippen molar-refractivity contribution in [2.45, 2.75) is 38.3 Å². The molecule has 0 unspecified atom stereocenters.